The summed E-state index contributed by atoms with van der Waals surface area (Å²) in [6.07, 6.45) is 7.34. The number of nitrogens with zero attached hydrogens (tertiary/aromatic N) is 2. The van der Waals surface area contributed by atoms with E-state index in [1.807, 2.05) is 6.92 Å². The highest BCUT2D eigenvalue weighted by Gasteiger charge is 2.10. The summed E-state index contributed by atoms with van der Waals surface area (Å²) in [4.78, 5) is 11.6. The predicted molar refractivity (Wildman–Crippen MR) is 71.0 cm³/mol. The zero-order valence-electron chi connectivity index (χ0n) is 11.3. The van der Waals surface area contributed by atoms with Gasteiger partial charge in [-0.3, -0.25) is 9.48 Å². The molecule has 0 bridgehead atoms. The molecule has 0 aliphatic carbocycles. The van der Waals surface area contributed by atoms with E-state index in [0.29, 0.717) is 5.82 Å². The topological polar surface area (TPSA) is 70.1 Å². The maximum Gasteiger partial charge on any atom is 0.328 e. The highest BCUT2D eigenvalue weighted by Crippen LogP contribution is 2.08. The van der Waals surface area contributed by atoms with Crippen LogP contribution in [0.3, 0.4) is 0 Å². The van der Waals surface area contributed by atoms with E-state index in [1.54, 1.807) is 12.3 Å². The molecular formula is C13H23N3O2. The highest BCUT2D eigenvalue weighted by molar-refractivity contribution is 5.69. The second kappa shape index (κ2) is 7.74. The molecule has 0 aliphatic rings. The number of ether oxygens (including phenoxy) is 1. The van der Waals surface area contributed by atoms with Crippen LogP contribution in [-0.4, -0.2) is 21.9 Å². The summed E-state index contributed by atoms with van der Waals surface area (Å²) in [6.45, 7) is 4.23. The number of anilines is 1. The summed E-state index contributed by atoms with van der Waals surface area (Å²) in [5, 5.41) is 3.94. The lowest BCUT2D eigenvalue weighted by atomic mass is 10.1. The van der Waals surface area contributed by atoms with Crippen LogP contribution in [0.25, 0.3) is 0 Å². The van der Waals surface area contributed by atoms with E-state index in [1.165, 1.54) is 23.9 Å². The summed E-state index contributed by atoms with van der Waals surface area (Å²) >= 11 is 0. The molecule has 0 saturated heterocycles. The molecule has 1 aromatic rings. The lowest BCUT2D eigenvalue weighted by Gasteiger charge is -2.13. The fraction of sp³-hybridized carbons (Fsp3) is 0.692. The average Bonchev–Trinajstić information content (AvgIpc) is 2.70. The van der Waals surface area contributed by atoms with Crippen LogP contribution in [0.2, 0.25) is 0 Å². The van der Waals surface area contributed by atoms with Gasteiger partial charge in [0.1, 0.15) is 12.4 Å². The molecule has 5 nitrogen and oxygen atoms in total. The number of rotatable bonds is 8. The third kappa shape index (κ3) is 5.70. The fourth-order valence-electron chi connectivity index (χ4n) is 1.78. The van der Waals surface area contributed by atoms with Gasteiger partial charge in [-0.15, -0.1) is 0 Å². The number of carbonyl (C=O) groups is 1. The first-order valence-corrected chi connectivity index (χ1v) is 6.60. The minimum Gasteiger partial charge on any atom is -0.461 e. The van der Waals surface area contributed by atoms with E-state index < -0.39 is 0 Å². The van der Waals surface area contributed by atoms with E-state index in [4.69, 9.17) is 10.5 Å². The lowest BCUT2D eigenvalue weighted by Crippen LogP contribution is -2.20. The van der Waals surface area contributed by atoms with Gasteiger partial charge in [0.2, 0.25) is 0 Å². The summed E-state index contributed by atoms with van der Waals surface area (Å²) in [5.74, 6) is 0.150. The van der Waals surface area contributed by atoms with Gasteiger partial charge in [0, 0.05) is 6.20 Å². The molecule has 1 heterocycles. The second-order valence-electron chi connectivity index (χ2n) is 4.59. The maximum absolute atomic E-state index is 11.6. The number of unbranched alkanes of at least 4 members (excludes halogenated alkanes) is 3. The van der Waals surface area contributed by atoms with E-state index in [9.17, 15) is 4.79 Å². The van der Waals surface area contributed by atoms with Gasteiger partial charge in [-0.05, 0) is 25.8 Å². The second-order valence-corrected chi connectivity index (χ2v) is 4.59. The van der Waals surface area contributed by atoms with Gasteiger partial charge < -0.3 is 10.5 Å². The molecule has 0 saturated carbocycles. The number of hydrogen-bond donors (Lipinski definition) is 1. The Bertz CT molecular complexity index is 363. The Hall–Kier alpha value is -1.52. The minimum absolute atomic E-state index is 0.0257. The first-order chi connectivity index (χ1) is 8.61. The van der Waals surface area contributed by atoms with Crippen molar-refractivity contribution in [1.29, 1.82) is 0 Å². The van der Waals surface area contributed by atoms with Crippen molar-refractivity contribution in [1.82, 2.24) is 9.78 Å². The SMILES string of the molecule is CCCCCCC(C)OC(=O)Cn1ccc(N)n1. The van der Waals surface area contributed by atoms with Gasteiger partial charge in [-0.25, -0.2) is 0 Å². The van der Waals surface area contributed by atoms with E-state index in [-0.39, 0.29) is 18.6 Å². The Morgan fingerprint density at radius 2 is 2.28 bits per heavy atom. The number of carbonyl (C=O) groups excluding carboxylic acids is 1. The molecule has 0 radical (unpaired) electrons. The molecule has 0 amide bonds. The van der Waals surface area contributed by atoms with Crippen molar-refractivity contribution in [3.63, 3.8) is 0 Å². The average molecular weight is 253 g/mol. The summed E-state index contributed by atoms with van der Waals surface area (Å²) in [6, 6.07) is 1.65. The Balaban J connectivity index is 2.19. The van der Waals surface area contributed by atoms with Gasteiger partial charge in [0.15, 0.2) is 0 Å². The summed E-state index contributed by atoms with van der Waals surface area (Å²) in [5.41, 5.74) is 5.47. The molecule has 18 heavy (non-hydrogen) atoms. The first kappa shape index (κ1) is 14.5. The molecular weight excluding hydrogens is 230 g/mol. The largest absolute Gasteiger partial charge is 0.461 e. The number of nitrogens with two attached hydrogens (primary N) is 1. The highest BCUT2D eigenvalue weighted by atomic mass is 16.5. The van der Waals surface area contributed by atoms with Crippen molar-refractivity contribution in [2.45, 2.75) is 58.6 Å². The molecule has 0 fully saturated rings. The molecule has 0 aliphatic heterocycles. The molecule has 1 rings (SSSR count). The van der Waals surface area contributed by atoms with Crippen molar-refractivity contribution in [3.05, 3.63) is 12.3 Å². The van der Waals surface area contributed by atoms with Crippen molar-refractivity contribution in [2.24, 2.45) is 0 Å². The van der Waals surface area contributed by atoms with Gasteiger partial charge in [0.05, 0.1) is 6.10 Å². The van der Waals surface area contributed by atoms with Gasteiger partial charge in [0.25, 0.3) is 0 Å². The predicted octanol–water partition coefficient (Wildman–Crippen LogP) is 2.37. The molecule has 2 N–H and O–H groups in total. The molecule has 1 aromatic heterocycles. The van der Waals surface area contributed by atoms with Crippen LogP contribution < -0.4 is 5.73 Å². The molecule has 1 atom stereocenters. The molecule has 1 unspecified atom stereocenters. The first-order valence-electron chi connectivity index (χ1n) is 6.60. The van der Waals surface area contributed by atoms with Crippen LogP contribution in [0.15, 0.2) is 12.3 Å². The van der Waals surface area contributed by atoms with Crippen LogP contribution >= 0.6 is 0 Å². The van der Waals surface area contributed by atoms with Gasteiger partial charge >= 0.3 is 5.97 Å². The third-order valence-electron chi connectivity index (χ3n) is 2.75. The maximum atomic E-state index is 11.6. The number of nitrogen functional groups attached to an aromatic ring is 1. The number of aromatic nitrogens is 2. The zero-order chi connectivity index (χ0) is 13.4. The normalized spacial score (nSPS) is 12.3. The van der Waals surface area contributed by atoms with Crippen molar-refractivity contribution < 1.29 is 9.53 Å². The standard InChI is InChI=1S/C13H23N3O2/c1-3-4-5-6-7-11(2)18-13(17)10-16-9-8-12(14)15-16/h8-9,11H,3-7,10H2,1-2H3,(H2,14,15). The number of hydrogen-bond acceptors (Lipinski definition) is 4. The molecule has 0 spiro atoms. The monoisotopic (exact) mass is 253 g/mol. The Labute approximate surface area is 108 Å². The Morgan fingerprint density at radius 3 is 2.89 bits per heavy atom. The van der Waals surface area contributed by atoms with E-state index in [0.717, 1.165) is 12.8 Å². The van der Waals surface area contributed by atoms with Crippen LogP contribution in [-0.2, 0) is 16.1 Å². The van der Waals surface area contributed by atoms with E-state index in [2.05, 4.69) is 12.0 Å². The Morgan fingerprint density at radius 1 is 1.50 bits per heavy atom. The van der Waals surface area contributed by atoms with Crippen LogP contribution in [0.4, 0.5) is 5.82 Å². The van der Waals surface area contributed by atoms with Crippen LogP contribution in [0.5, 0.6) is 0 Å². The van der Waals surface area contributed by atoms with Crippen LogP contribution in [0.1, 0.15) is 46.0 Å². The van der Waals surface area contributed by atoms with Crippen molar-refractivity contribution in [2.75, 3.05) is 5.73 Å². The molecule has 102 valence electrons. The minimum atomic E-state index is -0.263. The molecule has 5 heteroatoms. The Kier molecular flexibility index (Phi) is 6.25. The third-order valence-corrected chi connectivity index (χ3v) is 2.75. The number of esters is 1. The fourth-order valence-corrected chi connectivity index (χ4v) is 1.78. The smallest absolute Gasteiger partial charge is 0.328 e. The summed E-state index contributed by atoms with van der Waals surface area (Å²) in [7, 11) is 0. The van der Waals surface area contributed by atoms with Gasteiger partial charge in [-0.2, -0.15) is 5.10 Å². The van der Waals surface area contributed by atoms with Crippen molar-refractivity contribution >= 4 is 11.8 Å². The summed E-state index contributed by atoms with van der Waals surface area (Å²) < 4.78 is 6.79. The van der Waals surface area contributed by atoms with Crippen LogP contribution in [0, 0.1) is 0 Å². The quantitative estimate of drug-likeness (QED) is 0.570. The molecule has 0 aromatic carbocycles. The lowest BCUT2D eigenvalue weighted by molar-refractivity contribution is -0.149. The van der Waals surface area contributed by atoms with E-state index >= 15 is 0 Å². The van der Waals surface area contributed by atoms with Gasteiger partial charge in [-0.1, -0.05) is 26.2 Å². The zero-order valence-corrected chi connectivity index (χ0v) is 11.3. The van der Waals surface area contributed by atoms with Crippen molar-refractivity contribution in [3.8, 4) is 0 Å².